The van der Waals surface area contributed by atoms with Crippen LogP contribution in [-0.2, 0) is 20.1 Å². The van der Waals surface area contributed by atoms with Gasteiger partial charge < -0.3 is 0 Å². The maximum absolute atomic E-state index is 4.69. The molecule has 0 unspecified atom stereocenters. The summed E-state index contributed by atoms with van der Waals surface area (Å²) in [7, 11) is 0. The zero-order valence-electron chi connectivity index (χ0n) is 19.7. The Labute approximate surface area is 213 Å². The van der Waals surface area contributed by atoms with Crippen molar-refractivity contribution < 1.29 is 20.1 Å². The molecule has 2 heterocycles. The Morgan fingerprint density at radius 1 is 0.735 bits per heavy atom. The Bertz CT molecular complexity index is 1690. The topological polar surface area (TPSA) is 17.3 Å². The van der Waals surface area contributed by atoms with E-state index in [9.17, 15) is 0 Å². The maximum atomic E-state index is 4.69. The number of fused-ring (bicyclic) bond motifs is 6. The molecule has 0 N–H and O–H groups in total. The van der Waals surface area contributed by atoms with Crippen LogP contribution in [-0.4, -0.2) is 9.61 Å². The van der Waals surface area contributed by atoms with Gasteiger partial charge in [0.15, 0.2) is 0 Å². The summed E-state index contributed by atoms with van der Waals surface area (Å²) in [5, 5.41) is 8.34. The SMILES string of the molecule is Cc1ccc(-c2cc[c-]c3c2c2ccc(-c4c(C)cccc4C)cc2c2ccnn32)c(C)c1.[Ir]. The first-order valence-electron chi connectivity index (χ1n) is 11.4. The van der Waals surface area contributed by atoms with Gasteiger partial charge in [0.25, 0.3) is 0 Å². The second kappa shape index (κ2) is 8.51. The van der Waals surface area contributed by atoms with Gasteiger partial charge in [-0.15, -0.1) is 5.56 Å². The molecule has 1 radical (unpaired) electrons. The van der Waals surface area contributed by atoms with Gasteiger partial charge in [0, 0.05) is 26.3 Å². The van der Waals surface area contributed by atoms with Crippen molar-refractivity contribution in [3.63, 3.8) is 0 Å². The zero-order chi connectivity index (χ0) is 22.7. The molecule has 2 aromatic heterocycles. The Morgan fingerprint density at radius 2 is 1.53 bits per heavy atom. The molecule has 0 saturated heterocycles. The van der Waals surface area contributed by atoms with Crippen LogP contribution in [0.5, 0.6) is 0 Å². The van der Waals surface area contributed by atoms with Crippen LogP contribution < -0.4 is 0 Å². The van der Waals surface area contributed by atoms with E-state index < -0.39 is 0 Å². The Balaban J connectivity index is 0.00000241. The van der Waals surface area contributed by atoms with Crippen LogP contribution in [0.3, 0.4) is 0 Å². The fourth-order valence-corrected chi connectivity index (χ4v) is 5.35. The summed E-state index contributed by atoms with van der Waals surface area (Å²) >= 11 is 0. The summed E-state index contributed by atoms with van der Waals surface area (Å²) in [4.78, 5) is 0. The summed E-state index contributed by atoms with van der Waals surface area (Å²) in [6.07, 6.45) is 1.89. The first-order chi connectivity index (χ1) is 16.0. The average Bonchev–Trinajstić information content (AvgIpc) is 3.29. The fraction of sp³-hybridized carbons (Fsp3) is 0.129. The molecule has 0 spiro atoms. The molecule has 169 valence electrons. The van der Waals surface area contributed by atoms with Crippen LogP contribution in [0, 0.1) is 33.8 Å². The van der Waals surface area contributed by atoms with E-state index in [2.05, 4.69) is 100 Å². The standard InChI is InChI=1S/C31H25N2.Ir/c1-19-11-13-24(22(4)17-19)25-9-6-10-29-31(25)26-14-12-23(30-20(2)7-5-8-21(30)3)18-27(26)28-15-16-32-33(28)29;/h5-9,11-18H,1-4H3;/q-1;. The molecule has 0 aliphatic rings. The Kier molecular flexibility index (Phi) is 5.64. The molecule has 0 amide bonds. The van der Waals surface area contributed by atoms with Crippen molar-refractivity contribution in [2.24, 2.45) is 0 Å². The third-order valence-electron chi connectivity index (χ3n) is 6.84. The van der Waals surface area contributed by atoms with Gasteiger partial charge in [-0.25, -0.2) is 0 Å². The number of hydrogen-bond donors (Lipinski definition) is 0. The number of aryl methyl sites for hydroxylation is 4. The van der Waals surface area contributed by atoms with E-state index in [4.69, 9.17) is 5.10 Å². The van der Waals surface area contributed by atoms with Crippen molar-refractivity contribution in [3.05, 3.63) is 107 Å². The van der Waals surface area contributed by atoms with Gasteiger partial charge in [0.1, 0.15) is 0 Å². The summed E-state index contributed by atoms with van der Waals surface area (Å²) in [6, 6.07) is 29.9. The van der Waals surface area contributed by atoms with Crippen LogP contribution in [0.15, 0.2) is 79.0 Å². The largest absolute Gasteiger partial charge is 0.257 e. The predicted octanol–water partition coefficient (Wildman–Crippen LogP) is 8.01. The maximum Gasteiger partial charge on any atom is 0.0711 e. The second-order valence-electron chi connectivity index (χ2n) is 9.09. The Hall–Kier alpha value is -3.26. The van der Waals surface area contributed by atoms with Gasteiger partial charge in [-0.2, -0.15) is 23.3 Å². The van der Waals surface area contributed by atoms with E-state index in [0.29, 0.717) is 0 Å². The molecule has 34 heavy (non-hydrogen) atoms. The van der Waals surface area contributed by atoms with Crippen LogP contribution in [0.4, 0.5) is 0 Å². The predicted molar refractivity (Wildman–Crippen MR) is 139 cm³/mol. The van der Waals surface area contributed by atoms with Crippen LogP contribution in [0.1, 0.15) is 22.3 Å². The van der Waals surface area contributed by atoms with E-state index in [1.165, 1.54) is 60.7 Å². The molecule has 4 aromatic carbocycles. The van der Waals surface area contributed by atoms with Crippen molar-refractivity contribution in [2.75, 3.05) is 0 Å². The molecular weight excluding hydrogens is 593 g/mol. The van der Waals surface area contributed by atoms with E-state index in [1.54, 1.807) is 0 Å². The molecular formula is C31H25IrN2-. The number of nitrogens with zero attached hydrogens (tertiary/aromatic N) is 2. The zero-order valence-corrected chi connectivity index (χ0v) is 22.1. The summed E-state index contributed by atoms with van der Waals surface area (Å²) < 4.78 is 2.04. The molecule has 0 saturated carbocycles. The molecule has 0 aliphatic carbocycles. The van der Waals surface area contributed by atoms with Crippen molar-refractivity contribution in [1.82, 2.24) is 9.61 Å². The first kappa shape index (κ1) is 22.5. The van der Waals surface area contributed by atoms with Gasteiger partial charge in [-0.1, -0.05) is 64.9 Å². The van der Waals surface area contributed by atoms with Gasteiger partial charge in [-0.05, 0) is 84.1 Å². The molecule has 0 atom stereocenters. The van der Waals surface area contributed by atoms with Crippen molar-refractivity contribution in [1.29, 1.82) is 0 Å². The summed E-state index contributed by atoms with van der Waals surface area (Å²) in [6.45, 7) is 8.72. The minimum absolute atomic E-state index is 0. The van der Waals surface area contributed by atoms with E-state index in [-0.39, 0.29) is 20.1 Å². The van der Waals surface area contributed by atoms with Crippen molar-refractivity contribution in [2.45, 2.75) is 27.7 Å². The Morgan fingerprint density at radius 3 is 2.29 bits per heavy atom. The van der Waals surface area contributed by atoms with Crippen LogP contribution in [0.25, 0.3) is 49.4 Å². The van der Waals surface area contributed by atoms with Gasteiger partial charge in [0.2, 0.25) is 0 Å². The third kappa shape index (κ3) is 3.39. The minimum atomic E-state index is 0. The van der Waals surface area contributed by atoms with E-state index in [0.717, 1.165) is 11.0 Å². The molecule has 2 nitrogen and oxygen atoms in total. The second-order valence-corrected chi connectivity index (χ2v) is 9.09. The number of hydrogen-bond acceptors (Lipinski definition) is 1. The van der Waals surface area contributed by atoms with E-state index in [1.807, 2.05) is 16.8 Å². The quantitative estimate of drug-likeness (QED) is 0.142. The normalized spacial score (nSPS) is 11.3. The molecule has 0 aliphatic heterocycles. The van der Waals surface area contributed by atoms with Crippen molar-refractivity contribution >= 4 is 27.2 Å². The van der Waals surface area contributed by atoms with Gasteiger partial charge >= 0.3 is 0 Å². The number of aromatic nitrogens is 2. The molecule has 3 heteroatoms. The number of rotatable bonds is 2. The minimum Gasteiger partial charge on any atom is -0.257 e. The third-order valence-corrected chi connectivity index (χ3v) is 6.84. The first-order valence-corrected chi connectivity index (χ1v) is 11.4. The average molecular weight is 618 g/mol. The van der Waals surface area contributed by atoms with Gasteiger partial charge in [0.05, 0.1) is 5.52 Å². The smallest absolute Gasteiger partial charge is 0.0711 e. The van der Waals surface area contributed by atoms with Crippen LogP contribution >= 0.6 is 0 Å². The van der Waals surface area contributed by atoms with Crippen LogP contribution in [0.2, 0.25) is 0 Å². The van der Waals surface area contributed by atoms with Gasteiger partial charge in [-0.3, -0.25) is 4.52 Å². The molecule has 6 aromatic rings. The van der Waals surface area contributed by atoms with Crippen molar-refractivity contribution in [3.8, 4) is 22.3 Å². The molecule has 6 rings (SSSR count). The monoisotopic (exact) mass is 618 g/mol. The summed E-state index contributed by atoms with van der Waals surface area (Å²) in [5.74, 6) is 0. The number of benzene rings is 4. The van der Waals surface area contributed by atoms with E-state index >= 15 is 0 Å². The molecule has 0 bridgehead atoms. The summed E-state index contributed by atoms with van der Waals surface area (Å²) in [5.41, 5.74) is 12.3. The fourth-order valence-electron chi connectivity index (χ4n) is 5.35. The molecule has 0 fully saturated rings. The number of pyridine rings is 1.